The number of rotatable bonds is 3. The highest BCUT2D eigenvalue weighted by Gasteiger charge is 2.27. The first-order chi connectivity index (χ1) is 10.1. The minimum Gasteiger partial charge on any atom is -0.340 e. The smallest absolute Gasteiger partial charge is 0.189 e. The summed E-state index contributed by atoms with van der Waals surface area (Å²) in [6.07, 6.45) is 3.83. The van der Waals surface area contributed by atoms with Crippen molar-refractivity contribution in [1.82, 2.24) is 34.9 Å². The van der Waals surface area contributed by atoms with Crippen LogP contribution in [0.15, 0.2) is 12.7 Å². The molecule has 0 saturated carbocycles. The van der Waals surface area contributed by atoms with Gasteiger partial charge in [-0.3, -0.25) is 4.40 Å². The molecule has 1 aliphatic rings. The Kier molecular flexibility index (Phi) is 2.69. The van der Waals surface area contributed by atoms with Crippen molar-refractivity contribution in [2.45, 2.75) is 19.0 Å². The van der Waals surface area contributed by atoms with E-state index in [1.807, 2.05) is 0 Å². The number of fused-ring (bicyclic) bond motifs is 3. The molecule has 1 atom stereocenters. The van der Waals surface area contributed by atoms with Crippen molar-refractivity contribution in [2.75, 3.05) is 11.5 Å². The van der Waals surface area contributed by atoms with Crippen LogP contribution in [0.5, 0.6) is 0 Å². The Morgan fingerprint density at radius 3 is 3.10 bits per heavy atom. The first-order valence-corrected chi connectivity index (χ1v) is 8.40. The number of hydrogen-bond acceptors (Lipinski definition) is 7. The maximum absolute atomic E-state index is 11.4. The Balaban J connectivity index is 1.59. The number of aromatic nitrogens is 6. The van der Waals surface area contributed by atoms with Gasteiger partial charge in [-0.25, -0.2) is 18.4 Å². The van der Waals surface area contributed by atoms with Crippen LogP contribution in [0.25, 0.3) is 16.8 Å². The van der Waals surface area contributed by atoms with Gasteiger partial charge >= 0.3 is 0 Å². The van der Waals surface area contributed by atoms with E-state index in [2.05, 4.69) is 30.5 Å². The molecule has 4 heterocycles. The molecule has 21 heavy (non-hydrogen) atoms. The number of sulfone groups is 1. The monoisotopic (exact) mass is 307 g/mol. The van der Waals surface area contributed by atoms with Gasteiger partial charge in [0.25, 0.3) is 0 Å². The van der Waals surface area contributed by atoms with Gasteiger partial charge in [-0.15, -0.1) is 10.2 Å². The number of nitrogens with zero attached hydrogens (tertiary/aromatic N) is 5. The third kappa shape index (κ3) is 2.16. The second-order valence-corrected chi connectivity index (χ2v) is 7.37. The van der Waals surface area contributed by atoms with Crippen molar-refractivity contribution < 1.29 is 8.42 Å². The zero-order chi connectivity index (χ0) is 14.4. The van der Waals surface area contributed by atoms with Crippen LogP contribution >= 0.6 is 0 Å². The summed E-state index contributed by atoms with van der Waals surface area (Å²) in [4.78, 5) is 11.3. The first-order valence-electron chi connectivity index (χ1n) is 6.58. The van der Waals surface area contributed by atoms with E-state index in [0.717, 1.165) is 5.52 Å². The number of hydrogen-bond donors (Lipinski definition) is 2. The third-order valence-electron chi connectivity index (χ3n) is 3.69. The lowest BCUT2D eigenvalue weighted by molar-refractivity contribution is 0.539. The van der Waals surface area contributed by atoms with Crippen molar-refractivity contribution in [3.05, 3.63) is 18.5 Å². The van der Waals surface area contributed by atoms with Crippen LogP contribution < -0.4 is 5.32 Å². The van der Waals surface area contributed by atoms with Crippen molar-refractivity contribution in [2.24, 2.45) is 0 Å². The fourth-order valence-corrected chi connectivity index (χ4v) is 4.30. The standard InChI is InChI=1S/C11H13N7O2S/c19-21(20)2-1-7(4-21)12-3-8-16-17-11-9-10(14-5-13-9)15-6-18(8)11/h5-7,12H,1-4H2,(H,13,14). The molecule has 3 aromatic heterocycles. The topological polar surface area (TPSA) is 118 Å². The van der Waals surface area contributed by atoms with E-state index >= 15 is 0 Å². The zero-order valence-corrected chi connectivity index (χ0v) is 11.8. The summed E-state index contributed by atoms with van der Waals surface area (Å²) < 4.78 is 24.6. The van der Waals surface area contributed by atoms with Crippen LogP contribution in [-0.2, 0) is 16.4 Å². The first kappa shape index (κ1) is 12.7. The molecular formula is C11H13N7O2S. The summed E-state index contributed by atoms with van der Waals surface area (Å²) >= 11 is 0. The van der Waals surface area contributed by atoms with E-state index in [0.29, 0.717) is 30.1 Å². The molecule has 1 unspecified atom stereocenters. The average molecular weight is 307 g/mol. The second kappa shape index (κ2) is 4.46. The molecule has 4 rings (SSSR count). The Hall–Kier alpha value is -2.07. The normalized spacial score (nSPS) is 21.4. The van der Waals surface area contributed by atoms with E-state index < -0.39 is 9.84 Å². The predicted molar refractivity (Wildman–Crippen MR) is 74.3 cm³/mol. The van der Waals surface area contributed by atoms with Crippen LogP contribution in [0, 0.1) is 0 Å². The average Bonchev–Trinajstić information content (AvgIpc) is 3.13. The maximum atomic E-state index is 11.4. The van der Waals surface area contributed by atoms with Crippen LogP contribution in [0.3, 0.4) is 0 Å². The van der Waals surface area contributed by atoms with Gasteiger partial charge in [-0.1, -0.05) is 0 Å². The molecule has 0 aromatic carbocycles. The van der Waals surface area contributed by atoms with Crippen molar-refractivity contribution in [3.8, 4) is 0 Å². The van der Waals surface area contributed by atoms with Crippen molar-refractivity contribution in [1.29, 1.82) is 0 Å². The molecule has 0 spiro atoms. The molecule has 0 radical (unpaired) electrons. The Labute approximate surface area is 119 Å². The summed E-state index contributed by atoms with van der Waals surface area (Å²) in [6.45, 7) is 0.447. The number of imidazole rings is 1. The Morgan fingerprint density at radius 1 is 1.38 bits per heavy atom. The number of aromatic amines is 1. The zero-order valence-electron chi connectivity index (χ0n) is 11.0. The largest absolute Gasteiger partial charge is 0.340 e. The van der Waals surface area contributed by atoms with Gasteiger partial charge in [0.2, 0.25) is 0 Å². The fourth-order valence-electron chi connectivity index (χ4n) is 2.59. The summed E-state index contributed by atoms with van der Waals surface area (Å²) in [6, 6.07) is -0.0220. The summed E-state index contributed by atoms with van der Waals surface area (Å²) in [5.74, 6) is 1.13. The van der Waals surface area contributed by atoms with Gasteiger partial charge in [0, 0.05) is 6.04 Å². The summed E-state index contributed by atoms with van der Waals surface area (Å²) in [7, 11) is -2.88. The minimum absolute atomic E-state index is 0.0220. The molecule has 1 fully saturated rings. The molecule has 9 nitrogen and oxygen atoms in total. The number of H-pyrrole nitrogens is 1. The highest BCUT2D eigenvalue weighted by molar-refractivity contribution is 7.91. The van der Waals surface area contributed by atoms with E-state index in [-0.39, 0.29) is 17.5 Å². The minimum atomic E-state index is -2.88. The lowest BCUT2D eigenvalue weighted by Gasteiger charge is -2.08. The Bertz CT molecular complexity index is 913. The highest BCUT2D eigenvalue weighted by atomic mass is 32.2. The van der Waals surface area contributed by atoms with Crippen LogP contribution in [0.1, 0.15) is 12.2 Å². The number of nitrogens with one attached hydrogen (secondary N) is 2. The van der Waals surface area contributed by atoms with E-state index in [9.17, 15) is 8.42 Å². The van der Waals surface area contributed by atoms with E-state index in [4.69, 9.17) is 0 Å². The maximum Gasteiger partial charge on any atom is 0.189 e. The van der Waals surface area contributed by atoms with Crippen LogP contribution in [-0.4, -0.2) is 55.5 Å². The molecule has 10 heteroatoms. The third-order valence-corrected chi connectivity index (χ3v) is 5.45. The highest BCUT2D eigenvalue weighted by Crippen LogP contribution is 2.14. The van der Waals surface area contributed by atoms with Crippen LogP contribution in [0.2, 0.25) is 0 Å². The summed E-state index contributed by atoms with van der Waals surface area (Å²) in [5.41, 5.74) is 1.99. The molecule has 2 N–H and O–H groups in total. The molecule has 0 amide bonds. The van der Waals surface area contributed by atoms with Crippen molar-refractivity contribution >= 4 is 26.6 Å². The Morgan fingerprint density at radius 2 is 2.29 bits per heavy atom. The second-order valence-electron chi connectivity index (χ2n) is 5.14. The van der Waals surface area contributed by atoms with Gasteiger partial charge in [-0.2, -0.15) is 0 Å². The summed E-state index contributed by atoms with van der Waals surface area (Å²) in [5, 5.41) is 11.5. The SMILES string of the molecule is O=S1(=O)CCC(NCc2nnc3c4[nH]cnc4ncn23)C1. The van der Waals surface area contributed by atoms with Crippen LogP contribution in [0.4, 0.5) is 0 Å². The van der Waals surface area contributed by atoms with E-state index in [1.54, 1.807) is 17.1 Å². The lowest BCUT2D eigenvalue weighted by atomic mass is 10.2. The fraction of sp³-hybridized carbons (Fsp3) is 0.455. The van der Waals surface area contributed by atoms with Crippen molar-refractivity contribution in [3.63, 3.8) is 0 Å². The molecule has 110 valence electrons. The molecule has 0 aliphatic carbocycles. The molecular weight excluding hydrogens is 294 g/mol. The van der Waals surface area contributed by atoms with Gasteiger partial charge < -0.3 is 10.3 Å². The lowest BCUT2D eigenvalue weighted by Crippen LogP contribution is -2.30. The molecule has 1 saturated heterocycles. The van der Waals surface area contributed by atoms with Gasteiger partial charge in [-0.05, 0) is 6.42 Å². The van der Waals surface area contributed by atoms with E-state index in [1.165, 1.54) is 0 Å². The van der Waals surface area contributed by atoms with Gasteiger partial charge in [0.1, 0.15) is 11.8 Å². The predicted octanol–water partition coefficient (Wildman–Crippen LogP) is -0.723. The van der Waals surface area contributed by atoms with Gasteiger partial charge in [0.15, 0.2) is 27.0 Å². The van der Waals surface area contributed by atoms with Gasteiger partial charge in [0.05, 0.1) is 24.4 Å². The molecule has 0 bridgehead atoms. The molecule has 1 aliphatic heterocycles. The quantitative estimate of drug-likeness (QED) is 0.655. The molecule has 3 aromatic rings.